The van der Waals surface area contributed by atoms with Crippen molar-refractivity contribution >= 4 is 11.7 Å². The third kappa shape index (κ3) is 2.76. The molecule has 8 nitrogen and oxygen atoms in total. The maximum absolute atomic E-state index is 8.70. The Bertz CT molecular complexity index is 600. The van der Waals surface area contributed by atoms with Crippen molar-refractivity contribution in [2.75, 3.05) is 0 Å². The summed E-state index contributed by atoms with van der Waals surface area (Å²) in [7, 11) is 0. The zero-order valence-electron chi connectivity index (χ0n) is 10.3. The number of hydroxylamine groups is 2. The summed E-state index contributed by atoms with van der Waals surface area (Å²) in [6, 6.07) is 9.86. The molecule has 2 rings (SSSR count). The van der Waals surface area contributed by atoms with E-state index >= 15 is 0 Å². The van der Waals surface area contributed by atoms with Gasteiger partial charge in [-0.05, 0) is 24.3 Å². The van der Waals surface area contributed by atoms with Crippen molar-refractivity contribution in [3.05, 3.63) is 47.8 Å². The molecule has 0 aromatic carbocycles. The zero-order chi connectivity index (χ0) is 14.5. The molecule has 0 saturated heterocycles. The highest BCUT2D eigenvalue weighted by Crippen LogP contribution is 2.15. The van der Waals surface area contributed by atoms with Crippen molar-refractivity contribution < 1.29 is 10.4 Å². The van der Waals surface area contributed by atoms with E-state index in [1.165, 1.54) is 0 Å². The van der Waals surface area contributed by atoms with Crippen molar-refractivity contribution in [2.24, 2.45) is 0 Å². The average Bonchev–Trinajstić information content (AvgIpc) is 2.53. The predicted octanol–water partition coefficient (Wildman–Crippen LogP) is 0.752. The highest BCUT2D eigenvalue weighted by Gasteiger charge is 2.08. The van der Waals surface area contributed by atoms with Gasteiger partial charge in [0, 0.05) is 0 Å². The number of nitrogens with zero attached hydrogens (tertiary/aromatic N) is 2. The lowest BCUT2D eigenvalue weighted by Crippen LogP contribution is -2.21. The molecular formula is C12H12N6O2. The van der Waals surface area contributed by atoms with E-state index in [-0.39, 0.29) is 23.1 Å². The fraction of sp³-hybridized carbons (Fsp3) is 0. The molecule has 0 saturated carbocycles. The fourth-order valence-electron chi connectivity index (χ4n) is 1.55. The number of nitrogens with one attached hydrogen (secondary N) is 4. The van der Waals surface area contributed by atoms with Gasteiger partial charge in [-0.1, -0.05) is 12.1 Å². The van der Waals surface area contributed by atoms with Gasteiger partial charge in [-0.3, -0.25) is 32.2 Å². The van der Waals surface area contributed by atoms with Crippen LogP contribution in [-0.4, -0.2) is 32.1 Å². The molecule has 0 aliphatic heterocycles. The smallest absolute Gasteiger partial charge is 0.168 e. The molecule has 0 amide bonds. The second-order valence-corrected chi connectivity index (χ2v) is 3.79. The van der Waals surface area contributed by atoms with Crippen LogP contribution in [0.3, 0.4) is 0 Å². The van der Waals surface area contributed by atoms with E-state index < -0.39 is 0 Å². The Balaban J connectivity index is 2.41. The first-order valence-corrected chi connectivity index (χ1v) is 5.58. The standard InChI is InChI=1S/C12H12N6O2/c13-11(17-19)9-5-1-3-7(15-9)8-4-2-6-10(16-8)12(14)18-20/h1-6,19-20H,(H2,13,17)(H2,14,18). The molecule has 2 heterocycles. The largest absolute Gasteiger partial charge is 0.290 e. The van der Waals surface area contributed by atoms with Crippen LogP contribution in [0.2, 0.25) is 0 Å². The van der Waals surface area contributed by atoms with Crippen molar-refractivity contribution in [2.45, 2.75) is 0 Å². The van der Waals surface area contributed by atoms with Crippen molar-refractivity contribution in [1.29, 1.82) is 10.8 Å². The third-order valence-corrected chi connectivity index (χ3v) is 2.50. The topological polar surface area (TPSA) is 138 Å². The van der Waals surface area contributed by atoms with Crippen LogP contribution in [0, 0.1) is 10.8 Å². The van der Waals surface area contributed by atoms with Gasteiger partial charge in [-0.2, -0.15) is 0 Å². The van der Waals surface area contributed by atoms with E-state index in [1.807, 2.05) is 0 Å². The van der Waals surface area contributed by atoms with E-state index in [4.69, 9.17) is 21.2 Å². The Morgan fingerprint density at radius 3 is 1.55 bits per heavy atom. The Kier molecular flexibility index (Phi) is 3.99. The van der Waals surface area contributed by atoms with Crippen LogP contribution in [-0.2, 0) is 0 Å². The Hall–Kier alpha value is -2.84. The number of pyridine rings is 2. The number of amidine groups is 2. The highest BCUT2D eigenvalue weighted by atomic mass is 16.5. The fourth-order valence-corrected chi connectivity index (χ4v) is 1.55. The van der Waals surface area contributed by atoms with Crippen molar-refractivity contribution in [3.8, 4) is 11.4 Å². The second-order valence-electron chi connectivity index (χ2n) is 3.79. The minimum Gasteiger partial charge on any atom is -0.290 e. The molecule has 0 unspecified atom stereocenters. The molecule has 0 aliphatic rings. The molecule has 0 spiro atoms. The van der Waals surface area contributed by atoms with Crippen LogP contribution in [0.1, 0.15) is 11.4 Å². The van der Waals surface area contributed by atoms with Gasteiger partial charge in [0.1, 0.15) is 11.4 Å². The normalized spacial score (nSPS) is 9.90. The molecule has 8 heteroatoms. The lowest BCUT2D eigenvalue weighted by atomic mass is 10.2. The van der Waals surface area contributed by atoms with Gasteiger partial charge in [-0.25, -0.2) is 9.97 Å². The summed E-state index contributed by atoms with van der Waals surface area (Å²) in [5.74, 6) is -0.458. The Labute approximate surface area is 114 Å². The molecule has 102 valence electrons. The number of hydrogen-bond acceptors (Lipinski definition) is 6. The summed E-state index contributed by atoms with van der Waals surface area (Å²) in [6.45, 7) is 0. The summed E-state index contributed by atoms with van der Waals surface area (Å²) in [4.78, 5) is 8.35. The number of hydrogen-bond donors (Lipinski definition) is 6. The van der Waals surface area contributed by atoms with E-state index in [9.17, 15) is 0 Å². The molecule has 20 heavy (non-hydrogen) atoms. The van der Waals surface area contributed by atoms with Crippen LogP contribution < -0.4 is 11.0 Å². The zero-order valence-corrected chi connectivity index (χ0v) is 10.3. The van der Waals surface area contributed by atoms with Crippen LogP contribution in [0.15, 0.2) is 36.4 Å². The average molecular weight is 272 g/mol. The van der Waals surface area contributed by atoms with Crippen molar-refractivity contribution in [1.82, 2.24) is 20.9 Å². The maximum atomic E-state index is 8.70. The maximum Gasteiger partial charge on any atom is 0.168 e. The lowest BCUT2D eigenvalue weighted by molar-refractivity contribution is 0.233. The van der Waals surface area contributed by atoms with Crippen LogP contribution in [0.25, 0.3) is 11.4 Å². The van der Waals surface area contributed by atoms with Gasteiger partial charge in [0.25, 0.3) is 0 Å². The Morgan fingerprint density at radius 1 is 0.800 bits per heavy atom. The van der Waals surface area contributed by atoms with Gasteiger partial charge >= 0.3 is 0 Å². The van der Waals surface area contributed by atoms with Gasteiger partial charge in [0.05, 0.1) is 11.4 Å². The minimum absolute atomic E-state index is 0.229. The van der Waals surface area contributed by atoms with E-state index in [2.05, 4.69) is 9.97 Å². The van der Waals surface area contributed by atoms with Crippen LogP contribution >= 0.6 is 0 Å². The van der Waals surface area contributed by atoms with Crippen LogP contribution in [0.4, 0.5) is 0 Å². The predicted molar refractivity (Wildman–Crippen MR) is 71.0 cm³/mol. The summed E-state index contributed by atoms with van der Waals surface area (Å²) in [5.41, 5.74) is 4.92. The summed E-state index contributed by atoms with van der Waals surface area (Å²) < 4.78 is 0. The molecule has 0 aliphatic carbocycles. The van der Waals surface area contributed by atoms with E-state index in [0.29, 0.717) is 11.4 Å². The quantitative estimate of drug-likeness (QED) is 0.277. The highest BCUT2D eigenvalue weighted by molar-refractivity contribution is 5.95. The summed E-state index contributed by atoms with van der Waals surface area (Å²) in [5, 5.41) is 32.3. The third-order valence-electron chi connectivity index (χ3n) is 2.50. The molecule has 2 aromatic rings. The lowest BCUT2D eigenvalue weighted by Gasteiger charge is -2.06. The molecule has 0 bridgehead atoms. The summed E-state index contributed by atoms with van der Waals surface area (Å²) in [6.07, 6.45) is 0. The molecule has 0 atom stereocenters. The number of aromatic nitrogens is 2. The monoisotopic (exact) mass is 272 g/mol. The molecular weight excluding hydrogens is 260 g/mol. The molecule has 0 fully saturated rings. The first-order valence-electron chi connectivity index (χ1n) is 5.58. The first kappa shape index (κ1) is 13.6. The molecule has 6 N–H and O–H groups in total. The van der Waals surface area contributed by atoms with Gasteiger partial charge in [0.2, 0.25) is 0 Å². The Morgan fingerprint density at radius 2 is 1.20 bits per heavy atom. The van der Waals surface area contributed by atoms with Gasteiger partial charge in [-0.15, -0.1) is 0 Å². The van der Waals surface area contributed by atoms with Gasteiger partial charge < -0.3 is 0 Å². The molecule has 2 aromatic heterocycles. The second kappa shape index (κ2) is 5.87. The van der Waals surface area contributed by atoms with Gasteiger partial charge in [0.15, 0.2) is 11.7 Å². The van der Waals surface area contributed by atoms with Crippen molar-refractivity contribution in [3.63, 3.8) is 0 Å². The summed E-state index contributed by atoms with van der Waals surface area (Å²) >= 11 is 0. The van der Waals surface area contributed by atoms with E-state index in [0.717, 1.165) is 0 Å². The SMILES string of the molecule is N=C(NO)c1cccc(-c2cccc(C(=N)NO)n2)n1. The molecule has 0 radical (unpaired) electrons. The van der Waals surface area contributed by atoms with Crippen LogP contribution in [0.5, 0.6) is 0 Å². The minimum atomic E-state index is -0.229. The first-order chi connectivity index (χ1) is 9.65. The van der Waals surface area contributed by atoms with E-state index in [1.54, 1.807) is 47.4 Å². The number of rotatable bonds is 3.